The van der Waals surface area contributed by atoms with Gasteiger partial charge in [-0.25, -0.2) is 24.3 Å². The van der Waals surface area contributed by atoms with Crippen molar-refractivity contribution in [3.05, 3.63) is 302 Å². The Morgan fingerprint density at radius 2 is 0.630 bits per heavy atom. The maximum atomic E-state index is 13.5. The van der Waals surface area contributed by atoms with Gasteiger partial charge in [-0.3, -0.25) is 75.5 Å². The predicted octanol–water partition coefficient (Wildman–Crippen LogP) is 14.4. The van der Waals surface area contributed by atoms with Gasteiger partial charge in [-0.1, -0.05) is 94.3 Å². The Morgan fingerprint density at radius 1 is 0.356 bits per heavy atom. The fourth-order valence-corrected chi connectivity index (χ4v) is 18.0. The van der Waals surface area contributed by atoms with Gasteiger partial charge in [-0.05, 0) is 135 Å². The molecule has 0 bridgehead atoms. The summed E-state index contributed by atoms with van der Waals surface area (Å²) in [6, 6.07) is 43.7. The first-order valence-electron chi connectivity index (χ1n) is 41.0. The molecule has 0 aliphatic heterocycles. The molecule has 4 unspecified atom stereocenters. The SMILES string of the molecule is Cc1ccc(COP(=O)(COCCn2cnc3c(=O)[nH]c(N)nc32)OCc2cccc(Br)c2)o1.Cc1ccc(COP(=O)(COCCn2cnc3c(=O)[nH]c(N)nc32)OCc2cccc(Cl)c2)o1.Cc1ccc(COP(=O)(COCCn2cnc3c(=O)[nH]c(N)nc32)OCc2cccc(F)c2)o1.Cc1ccc(COP(=O)(COCCn2cnc3c(=O)[nH]c(N)nc32)OCc2ccccc2)o1. The molecule has 12 heterocycles. The number of halogens is 3. The van der Waals surface area contributed by atoms with Crippen LogP contribution in [-0.4, -0.2) is 130 Å². The molecule has 0 aliphatic rings. The van der Waals surface area contributed by atoms with E-state index in [4.69, 9.17) is 107 Å². The van der Waals surface area contributed by atoms with E-state index in [1.165, 1.54) is 43.5 Å². The Hall–Kier alpha value is -12.3. The quantitative estimate of drug-likeness (QED) is 0.0130. The minimum Gasteiger partial charge on any atom is -0.464 e. The van der Waals surface area contributed by atoms with E-state index in [0.717, 1.165) is 32.7 Å². The van der Waals surface area contributed by atoms with Crippen molar-refractivity contribution in [1.82, 2.24) is 78.1 Å². The number of nitrogens with zero attached hydrogens (tertiary/aromatic N) is 12. The van der Waals surface area contributed by atoms with Gasteiger partial charge in [-0.2, -0.15) is 19.9 Å². The van der Waals surface area contributed by atoms with Crippen LogP contribution in [0.25, 0.3) is 44.7 Å². The van der Waals surface area contributed by atoms with Crippen molar-refractivity contribution in [3.63, 3.8) is 0 Å². The number of fused-ring (bicyclic) bond motifs is 4. The van der Waals surface area contributed by atoms with Crippen LogP contribution in [0, 0.1) is 33.5 Å². The number of hydrogen-bond donors (Lipinski definition) is 8. The summed E-state index contributed by atoms with van der Waals surface area (Å²) in [5.74, 6) is 4.42. The lowest BCUT2D eigenvalue weighted by atomic mass is 10.2. The van der Waals surface area contributed by atoms with Crippen LogP contribution in [0.3, 0.4) is 0 Å². The number of imidazole rings is 4. The highest BCUT2D eigenvalue weighted by Gasteiger charge is 2.32. The summed E-state index contributed by atoms with van der Waals surface area (Å²) in [5, 5.41) is 0.541. The fraction of sp³-hybridized carbons (Fsp3) is 0.286. The van der Waals surface area contributed by atoms with Crippen LogP contribution in [0.15, 0.2) is 218 Å². The molecule has 12 N–H and O–H groups in total. The van der Waals surface area contributed by atoms with Crippen LogP contribution in [-0.2, 0) is 152 Å². The molecular weight excluding hydrogens is 1930 g/mol. The molecule has 0 amide bonds. The third-order valence-corrected chi connectivity index (χ3v) is 25.8. The van der Waals surface area contributed by atoms with Gasteiger partial charge in [0.05, 0.1) is 78.2 Å². The lowest BCUT2D eigenvalue weighted by Crippen LogP contribution is -2.13. The summed E-state index contributed by atoms with van der Waals surface area (Å²) >= 11 is 9.42. The highest BCUT2D eigenvalue weighted by molar-refractivity contribution is 9.10. The van der Waals surface area contributed by atoms with Crippen molar-refractivity contribution in [3.8, 4) is 0 Å². The van der Waals surface area contributed by atoms with Crippen molar-refractivity contribution < 1.29 is 95.5 Å². The molecule has 0 saturated heterocycles. The zero-order valence-corrected chi connectivity index (χ0v) is 78.7. The van der Waals surface area contributed by atoms with E-state index in [-0.39, 0.29) is 164 Å². The largest absolute Gasteiger partial charge is 0.464 e. The Labute approximate surface area is 779 Å². The Bertz CT molecular complexity index is 6640. The molecule has 16 aromatic rings. The molecular formula is C84H93BrClFN20O24P4. The number of nitrogens with two attached hydrogens (primary N) is 4. The molecule has 4 atom stereocenters. The first-order chi connectivity index (χ1) is 64.8. The maximum Gasteiger partial charge on any atom is 0.356 e. The monoisotopic (exact) mass is 2020 g/mol. The van der Waals surface area contributed by atoms with Crippen molar-refractivity contribution in [2.75, 3.05) is 74.8 Å². The number of aromatic amines is 4. The predicted molar refractivity (Wildman–Crippen MR) is 494 cm³/mol. The van der Waals surface area contributed by atoms with Crippen molar-refractivity contribution in [1.29, 1.82) is 0 Å². The van der Waals surface area contributed by atoms with Crippen LogP contribution in [0.5, 0.6) is 0 Å². The molecule has 0 fully saturated rings. The van der Waals surface area contributed by atoms with Crippen LogP contribution in [0.2, 0.25) is 5.02 Å². The Morgan fingerprint density at radius 3 is 0.919 bits per heavy atom. The lowest BCUT2D eigenvalue weighted by molar-refractivity contribution is 0.114. The number of benzene rings is 4. The molecule has 16 rings (SSSR count). The number of aryl methyl sites for hydroxylation is 4. The summed E-state index contributed by atoms with van der Waals surface area (Å²) < 4.78 is 164. The number of nitrogen functional groups attached to an aromatic ring is 4. The number of ether oxygens (including phenoxy) is 4. The molecule has 0 radical (unpaired) electrons. The summed E-state index contributed by atoms with van der Waals surface area (Å²) in [5.41, 5.74) is 25.6. The Balaban J connectivity index is 0.000000152. The number of anilines is 4. The lowest BCUT2D eigenvalue weighted by Gasteiger charge is -2.18. The van der Waals surface area contributed by atoms with E-state index in [0.29, 0.717) is 80.8 Å². The fourth-order valence-electron chi connectivity index (χ4n) is 12.4. The van der Waals surface area contributed by atoms with Gasteiger partial charge in [0.2, 0.25) is 23.8 Å². The van der Waals surface area contributed by atoms with Gasteiger partial charge >= 0.3 is 30.4 Å². The van der Waals surface area contributed by atoms with Gasteiger partial charge in [0.25, 0.3) is 22.2 Å². The number of aromatic nitrogens is 16. The van der Waals surface area contributed by atoms with Gasteiger partial charge in [0.15, 0.2) is 44.7 Å². The number of rotatable bonds is 44. The van der Waals surface area contributed by atoms with E-state index in [1.807, 2.05) is 68.4 Å². The maximum absolute atomic E-state index is 13.5. The van der Waals surface area contributed by atoms with Crippen molar-refractivity contribution >= 4 is 126 Å². The van der Waals surface area contributed by atoms with Crippen molar-refractivity contribution in [2.24, 2.45) is 0 Å². The Kier molecular flexibility index (Phi) is 35.1. The summed E-state index contributed by atoms with van der Waals surface area (Å²) in [6.45, 7) is 8.81. The highest BCUT2D eigenvalue weighted by Crippen LogP contribution is 2.53. The zero-order valence-electron chi connectivity index (χ0n) is 72.8. The smallest absolute Gasteiger partial charge is 0.356 e. The second-order valence-electron chi connectivity index (χ2n) is 29.5. The number of H-pyrrole nitrogens is 4. The topological polar surface area (TPSA) is 590 Å². The van der Waals surface area contributed by atoms with Crippen LogP contribution in [0.4, 0.5) is 28.2 Å². The summed E-state index contributed by atoms with van der Waals surface area (Å²) in [4.78, 5) is 89.7. The van der Waals surface area contributed by atoms with Crippen LogP contribution < -0.4 is 45.2 Å². The second-order valence-corrected chi connectivity index (χ2v) is 38.8. The molecule has 51 heteroatoms. The minimum atomic E-state index is -3.75. The van der Waals surface area contributed by atoms with Gasteiger partial charge in [0.1, 0.15) is 104 Å². The number of furan rings is 4. The molecule has 0 aliphatic carbocycles. The third-order valence-electron chi connectivity index (χ3n) is 18.9. The summed E-state index contributed by atoms with van der Waals surface area (Å²) in [7, 11) is -14.7. The standard InChI is InChI=1S/C21H23BrN5O6P.C21H23ClN5O6P.C21H23FN5O6P.C21H24N5O6P/c3*1-14-5-6-17(33-14)11-32-34(29,31-10-15-3-2-4-16(22)9-15)13-30-8-7-27-12-24-18-19(27)25-21(23)26-20(18)28;1-15-7-8-17(32-15)12-31-33(28,30-11-16-5-3-2-4-6-16)14-29-10-9-26-13-23-18-19(26)24-21(22)25-20(18)27/h3*2-6,9,12H,7-8,10-11,13H2,1H3,(H3,23,25,26,28);2-8,13H,9-12,14H2,1H3,(H3,22,24,25,27). The van der Waals surface area contributed by atoms with Gasteiger partial charge < -0.3 is 95.9 Å². The van der Waals surface area contributed by atoms with E-state index in [1.54, 1.807) is 111 Å². The van der Waals surface area contributed by atoms with E-state index < -0.39 is 58.4 Å². The highest BCUT2D eigenvalue weighted by atomic mass is 79.9. The molecule has 714 valence electrons. The molecule has 0 spiro atoms. The first-order valence-corrected chi connectivity index (χ1v) is 49.1. The molecule has 0 saturated carbocycles. The van der Waals surface area contributed by atoms with Crippen molar-refractivity contribution in [2.45, 2.75) is 107 Å². The normalized spacial score (nSPS) is 13.4. The molecule has 12 aromatic heterocycles. The second kappa shape index (κ2) is 47.3. The van der Waals surface area contributed by atoms with Crippen LogP contribution >= 0.6 is 57.9 Å². The first kappa shape index (κ1) is 100. The van der Waals surface area contributed by atoms with E-state index >= 15 is 0 Å². The molecule has 135 heavy (non-hydrogen) atoms. The molecule has 4 aromatic carbocycles. The van der Waals surface area contributed by atoms with Gasteiger partial charge in [0, 0.05) is 35.7 Å². The van der Waals surface area contributed by atoms with Gasteiger partial charge in [-0.15, -0.1) is 0 Å². The number of hydrogen-bond acceptors (Lipinski definition) is 36. The average molecular weight is 2030 g/mol. The minimum absolute atomic E-state index is 0.00413. The van der Waals surface area contributed by atoms with E-state index in [9.17, 15) is 41.8 Å². The van der Waals surface area contributed by atoms with E-state index in [2.05, 4.69) is 75.7 Å². The third kappa shape index (κ3) is 29.9. The van der Waals surface area contributed by atoms with Crippen LogP contribution in [0.1, 0.15) is 68.3 Å². The molecule has 44 nitrogen and oxygen atoms in total. The summed E-state index contributed by atoms with van der Waals surface area (Å²) in [6.07, 6.45) is 4.64. The zero-order chi connectivity index (χ0) is 95.7. The number of nitrogens with one attached hydrogen (secondary N) is 4. The average Bonchev–Trinajstić information content (AvgIpc) is 1.67.